The van der Waals surface area contributed by atoms with Gasteiger partial charge in [-0.1, -0.05) is 30.3 Å². The molecule has 1 unspecified atom stereocenters. The largest absolute Gasteiger partial charge is 0.496 e. The van der Waals surface area contributed by atoms with E-state index in [2.05, 4.69) is 5.32 Å². The number of carbonyl (C=O) groups is 1. The number of amides is 1. The van der Waals surface area contributed by atoms with Gasteiger partial charge in [-0.25, -0.2) is 4.79 Å². The predicted octanol–water partition coefficient (Wildman–Crippen LogP) is 3.37. The van der Waals surface area contributed by atoms with Gasteiger partial charge in [-0.15, -0.1) is 0 Å². The number of hydrogen-bond acceptors (Lipinski definition) is 4. The molecule has 1 atom stereocenters. The summed E-state index contributed by atoms with van der Waals surface area (Å²) in [7, 11) is 1.61. The topological polar surface area (TPSA) is 73.6 Å². The Kier molecular flexibility index (Phi) is 5.11. The van der Waals surface area contributed by atoms with E-state index in [1.807, 2.05) is 57.2 Å². The SMILES string of the molecule is COc1ccc2ccccc2c1C(CN)NC(=O)OC(C)(C)C. The second-order valence-corrected chi connectivity index (χ2v) is 6.34. The molecule has 0 aromatic heterocycles. The fraction of sp³-hybridized carbons (Fsp3) is 0.389. The highest BCUT2D eigenvalue weighted by Gasteiger charge is 2.23. The van der Waals surface area contributed by atoms with Crippen LogP contribution in [0, 0.1) is 0 Å². The standard InChI is InChI=1S/C18H24N2O3/c1-18(2,3)23-17(21)20-14(11-19)16-13-8-6-5-7-12(13)9-10-15(16)22-4/h5-10,14H,11,19H2,1-4H3,(H,20,21). The lowest BCUT2D eigenvalue weighted by atomic mass is 9.97. The zero-order valence-corrected chi connectivity index (χ0v) is 14.1. The number of alkyl carbamates (subject to hydrolysis) is 1. The second-order valence-electron chi connectivity index (χ2n) is 6.34. The van der Waals surface area contributed by atoms with Crippen LogP contribution in [0.4, 0.5) is 4.79 Å². The monoisotopic (exact) mass is 316 g/mol. The van der Waals surface area contributed by atoms with E-state index in [0.29, 0.717) is 5.75 Å². The van der Waals surface area contributed by atoms with Gasteiger partial charge in [-0.2, -0.15) is 0 Å². The van der Waals surface area contributed by atoms with Crippen LogP contribution in [0.15, 0.2) is 36.4 Å². The molecular formula is C18H24N2O3. The molecular weight excluding hydrogens is 292 g/mol. The van der Waals surface area contributed by atoms with Gasteiger partial charge in [-0.05, 0) is 37.6 Å². The molecule has 2 aromatic rings. The minimum Gasteiger partial charge on any atom is -0.496 e. The Morgan fingerprint density at radius 3 is 2.52 bits per heavy atom. The molecule has 0 heterocycles. The molecule has 2 rings (SSSR count). The summed E-state index contributed by atoms with van der Waals surface area (Å²) in [5.41, 5.74) is 6.20. The van der Waals surface area contributed by atoms with Crippen molar-refractivity contribution in [1.82, 2.24) is 5.32 Å². The number of methoxy groups -OCH3 is 1. The van der Waals surface area contributed by atoms with E-state index in [4.69, 9.17) is 15.2 Å². The normalized spacial score (nSPS) is 12.7. The first-order valence-corrected chi connectivity index (χ1v) is 7.61. The summed E-state index contributed by atoms with van der Waals surface area (Å²) in [6.45, 7) is 5.71. The Balaban J connectivity index is 2.40. The van der Waals surface area contributed by atoms with Crippen molar-refractivity contribution >= 4 is 16.9 Å². The first-order valence-electron chi connectivity index (χ1n) is 7.61. The maximum absolute atomic E-state index is 12.1. The summed E-state index contributed by atoms with van der Waals surface area (Å²) < 4.78 is 10.8. The number of fused-ring (bicyclic) bond motifs is 1. The smallest absolute Gasteiger partial charge is 0.408 e. The van der Waals surface area contributed by atoms with Gasteiger partial charge in [0.2, 0.25) is 0 Å². The average Bonchev–Trinajstić information content (AvgIpc) is 2.50. The van der Waals surface area contributed by atoms with Crippen molar-refractivity contribution in [2.75, 3.05) is 13.7 Å². The first kappa shape index (κ1) is 17.1. The lowest BCUT2D eigenvalue weighted by molar-refractivity contribution is 0.0505. The van der Waals surface area contributed by atoms with Crippen LogP contribution in [0.3, 0.4) is 0 Å². The van der Waals surface area contributed by atoms with Crippen molar-refractivity contribution in [3.8, 4) is 5.75 Å². The number of ether oxygens (including phenoxy) is 2. The van der Waals surface area contributed by atoms with Gasteiger partial charge in [0.25, 0.3) is 0 Å². The van der Waals surface area contributed by atoms with Crippen LogP contribution in [0.1, 0.15) is 32.4 Å². The van der Waals surface area contributed by atoms with Crippen LogP contribution in [0.25, 0.3) is 10.8 Å². The second kappa shape index (κ2) is 6.87. The molecule has 5 nitrogen and oxygen atoms in total. The zero-order valence-electron chi connectivity index (χ0n) is 14.1. The number of nitrogens with two attached hydrogens (primary N) is 1. The minimum atomic E-state index is -0.563. The van der Waals surface area contributed by atoms with E-state index in [1.165, 1.54) is 0 Å². The first-order chi connectivity index (χ1) is 10.9. The highest BCUT2D eigenvalue weighted by atomic mass is 16.6. The predicted molar refractivity (Wildman–Crippen MR) is 91.7 cm³/mol. The maximum atomic E-state index is 12.1. The number of nitrogens with one attached hydrogen (secondary N) is 1. The van der Waals surface area contributed by atoms with E-state index in [1.54, 1.807) is 7.11 Å². The number of carbonyl (C=O) groups excluding carboxylic acids is 1. The van der Waals surface area contributed by atoms with Gasteiger partial charge in [0.05, 0.1) is 13.2 Å². The van der Waals surface area contributed by atoms with Crippen molar-refractivity contribution in [1.29, 1.82) is 0 Å². The number of hydrogen-bond donors (Lipinski definition) is 2. The van der Waals surface area contributed by atoms with Crippen molar-refractivity contribution < 1.29 is 14.3 Å². The molecule has 0 saturated carbocycles. The van der Waals surface area contributed by atoms with E-state index in [9.17, 15) is 4.79 Å². The highest BCUT2D eigenvalue weighted by Crippen LogP contribution is 2.32. The van der Waals surface area contributed by atoms with E-state index in [0.717, 1.165) is 16.3 Å². The number of rotatable bonds is 4. The quantitative estimate of drug-likeness (QED) is 0.907. The minimum absolute atomic E-state index is 0.240. The summed E-state index contributed by atoms with van der Waals surface area (Å²) in [4.78, 5) is 12.1. The molecule has 0 spiro atoms. The van der Waals surface area contributed by atoms with Gasteiger partial charge in [0.1, 0.15) is 11.4 Å². The lowest BCUT2D eigenvalue weighted by Crippen LogP contribution is -2.38. The number of benzene rings is 2. The molecule has 0 radical (unpaired) electrons. The molecule has 0 saturated heterocycles. The van der Waals surface area contributed by atoms with Gasteiger partial charge >= 0.3 is 6.09 Å². The van der Waals surface area contributed by atoms with E-state index < -0.39 is 17.7 Å². The molecule has 0 fully saturated rings. The molecule has 1 amide bonds. The van der Waals surface area contributed by atoms with Gasteiger partial charge in [0, 0.05) is 12.1 Å². The van der Waals surface area contributed by atoms with Crippen LogP contribution in [-0.4, -0.2) is 25.3 Å². The fourth-order valence-corrected chi connectivity index (χ4v) is 2.51. The molecule has 0 aliphatic heterocycles. The van der Waals surface area contributed by atoms with Crippen molar-refractivity contribution in [3.63, 3.8) is 0 Å². The average molecular weight is 316 g/mol. The molecule has 2 aromatic carbocycles. The van der Waals surface area contributed by atoms with Crippen molar-refractivity contribution in [3.05, 3.63) is 42.0 Å². The summed E-state index contributed by atoms with van der Waals surface area (Å²) in [5.74, 6) is 0.690. The Hall–Kier alpha value is -2.27. The third-order valence-electron chi connectivity index (χ3n) is 3.43. The Morgan fingerprint density at radius 2 is 1.91 bits per heavy atom. The lowest BCUT2D eigenvalue weighted by Gasteiger charge is -2.25. The molecule has 0 aliphatic carbocycles. The molecule has 5 heteroatoms. The third-order valence-corrected chi connectivity index (χ3v) is 3.43. The summed E-state index contributed by atoms with van der Waals surface area (Å²) in [6, 6.07) is 11.4. The Morgan fingerprint density at radius 1 is 1.22 bits per heavy atom. The molecule has 0 bridgehead atoms. The summed E-state index contributed by atoms with van der Waals surface area (Å²) in [6.07, 6.45) is -0.497. The summed E-state index contributed by atoms with van der Waals surface area (Å²) >= 11 is 0. The van der Waals surface area contributed by atoms with Crippen molar-refractivity contribution in [2.24, 2.45) is 5.73 Å². The van der Waals surface area contributed by atoms with Gasteiger partial charge in [0.15, 0.2) is 0 Å². The van der Waals surface area contributed by atoms with Gasteiger partial charge in [-0.3, -0.25) is 0 Å². The van der Waals surface area contributed by atoms with Crippen LogP contribution in [0.5, 0.6) is 5.75 Å². The van der Waals surface area contributed by atoms with Crippen LogP contribution >= 0.6 is 0 Å². The van der Waals surface area contributed by atoms with Gasteiger partial charge < -0.3 is 20.5 Å². The van der Waals surface area contributed by atoms with Crippen LogP contribution < -0.4 is 15.8 Å². The molecule has 23 heavy (non-hydrogen) atoms. The Labute approximate surface area is 136 Å². The van der Waals surface area contributed by atoms with Crippen molar-refractivity contribution in [2.45, 2.75) is 32.4 Å². The summed E-state index contributed by atoms with van der Waals surface area (Å²) in [5, 5.41) is 4.90. The molecule has 124 valence electrons. The van der Waals surface area contributed by atoms with Crippen LogP contribution in [0.2, 0.25) is 0 Å². The van der Waals surface area contributed by atoms with Crippen LogP contribution in [-0.2, 0) is 4.74 Å². The van der Waals surface area contributed by atoms with E-state index in [-0.39, 0.29) is 6.54 Å². The Bertz CT molecular complexity index is 692. The van der Waals surface area contributed by atoms with E-state index >= 15 is 0 Å². The molecule has 0 aliphatic rings. The molecule has 3 N–H and O–H groups in total. The highest BCUT2D eigenvalue weighted by molar-refractivity contribution is 5.88. The third kappa shape index (κ3) is 4.13. The fourth-order valence-electron chi connectivity index (χ4n) is 2.51. The maximum Gasteiger partial charge on any atom is 0.408 e. The zero-order chi connectivity index (χ0) is 17.0.